The Balaban J connectivity index is 1.92. The fourth-order valence-corrected chi connectivity index (χ4v) is 2.90. The molecular formula is C16H26O3. The molecule has 0 radical (unpaired) electrons. The van der Waals surface area contributed by atoms with Gasteiger partial charge in [-0.2, -0.15) is 0 Å². The third-order valence-corrected chi connectivity index (χ3v) is 4.20. The average molecular weight is 266 g/mol. The molecule has 1 heterocycles. The van der Waals surface area contributed by atoms with Crippen molar-refractivity contribution in [1.29, 1.82) is 0 Å². The van der Waals surface area contributed by atoms with E-state index in [9.17, 15) is 5.11 Å². The molecule has 1 spiro atoms. The Morgan fingerprint density at radius 2 is 2.05 bits per heavy atom. The van der Waals surface area contributed by atoms with Crippen molar-refractivity contribution in [2.75, 3.05) is 13.2 Å². The minimum Gasteiger partial charge on any atom is -0.388 e. The predicted octanol–water partition coefficient (Wildman–Crippen LogP) is 3.04. The summed E-state index contributed by atoms with van der Waals surface area (Å²) < 4.78 is 11.8. The zero-order chi connectivity index (χ0) is 13.7. The van der Waals surface area contributed by atoms with Crippen LogP contribution in [-0.2, 0) is 9.47 Å². The van der Waals surface area contributed by atoms with E-state index in [0.717, 1.165) is 32.5 Å². The number of rotatable bonds is 4. The molecule has 0 amide bonds. The molecule has 0 bridgehead atoms. The van der Waals surface area contributed by atoms with Gasteiger partial charge in [-0.3, -0.25) is 0 Å². The second-order valence-corrected chi connectivity index (χ2v) is 5.96. The minimum absolute atomic E-state index is 0.239. The standard InChI is InChI=1S/C16H26O3/c1-13(2)15(17)9-4-3-7-14-8-5-6-10-16(14)18-11-12-19-16/h3,9,13-15,17H,5-8,10-12H2,1-2H3. The van der Waals surface area contributed by atoms with Crippen LogP contribution < -0.4 is 0 Å². The highest BCUT2D eigenvalue weighted by atomic mass is 16.7. The summed E-state index contributed by atoms with van der Waals surface area (Å²) >= 11 is 0. The van der Waals surface area contributed by atoms with Crippen molar-refractivity contribution in [3.05, 3.63) is 17.9 Å². The average Bonchev–Trinajstić information content (AvgIpc) is 2.85. The maximum Gasteiger partial charge on any atom is 0.171 e. The van der Waals surface area contributed by atoms with Crippen molar-refractivity contribution in [1.82, 2.24) is 0 Å². The molecule has 19 heavy (non-hydrogen) atoms. The van der Waals surface area contributed by atoms with Gasteiger partial charge in [0.25, 0.3) is 0 Å². The van der Waals surface area contributed by atoms with Crippen molar-refractivity contribution < 1.29 is 14.6 Å². The van der Waals surface area contributed by atoms with Gasteiger partial charge in [0.1, 0.15) is 0 Å². The lowest BCUT2D eigenvalue weighted by atomic mass is 9.81. The molecular weight excluding hydrogens is 240 g/mol. The summed E-state index contributed by atoms with van der Waals surface area (Å²) in [6, 6.07) is 0. The molecule has 1 aliphatic carbocycles. The van der Waals surface area contributed by atoms with Crippen LogP contribution in [0.15, 0.2) is 17.9 Å². The van der Waals surface area contributed by atoms with Gasteiger partial charge in [0.2, 0.25) is 0 Å². The SMILES string of the molecule is CC(C)C(O)C=C=CCC1CCCCC12OCCO2. The van der Waals surface area contributed by atoms with Crippen LogP contribution in [0.3, 0.4) is 0 Å². The summed E-state index contributed by atoms with van der Waals surface area (Å²) in [5.74, 6) is 0.344. The van der Waals surface area contributed by atoms with Gasteiger partial charge >= 0.3 is 0 Å². The molecule has 2 rings (SSSR count). The van der Waals surface area contributed by atoms with E-state index < -0.39 is 6.10 Å². The third-order valence-electron chi connectivity index (χ3n) is 4.20. The zero-order valence-corrected chi connectivity index (χ0v) is 12.1. The van der Waals surface area contributed by atoms with Crippen LogP contribution >= 0.6 is 0 Å². The molecule has 0 aromatic carbocycles. The largest absolute Gasteiger partial charge is 0.388 e. The highest BCUT2D eigenvalue weighted by Gasteiger charge is 2.44. The van der Waals surface area contributed by atoms with Gasteiger partial charge in [-0.1, -0.05) is 20.3 Å². The van der Waals surface area contributed by atoms with Crippen LogP contribution in [0.5, 0.6) is 0 Å². The van der Waals surface area contributed by atoms with Crippen molar-refractivity contribution in [3.8, 4) is 0 Å². The molecule has 108 valence electrons. The summed E-state index contributed by atoms with van der Waals surface area (Å²) in [6.07, 6.45) is 8.91. The minimum atomic E-state index is -0.407. The van der Waals surface area contributed by atoms with E-state index in [2.05, 4.69) is 5.73 Å². The third kappa shape index (κ3) is 3.70. The number of hydrogen-bond donors (Lipinski definition) is 1. The predicted molar refractivity (Wildman–Crippen MR) is 74.7 cm³/mol. The molecule has 1 N–H and O–H groups in total. The van der Waals surface area contributed by atoms with Crippen molar-refractivity contribution in [2.45, 2.75) is 57.8 Å². The smallest absolute Gasteiger partial charge is 0.171 e. The normalized spacial score (nSPS) is 27.3. The quantitative estimate of drug-likeness (QED) is 0.795. The molecule has 2 unspecified atom stereocenters. The van der Waals surface area contributed by atoms with E-state index in [1.54, 1.807) is 6.08 Å². The topological polar surface area (TPSA) is 38.7 Å². The molecule has 2 atom stereocenters. The second kappa shape index (κ2) is 6.71. The van der Waals surface area contributed by atoms with Crippen LogP contribution in [0.1, 0.15) is 46.0 Å². The fourth-order valence-electron chi connectivity index (χ4n) is 2.90. The summed E-state index contributed by atoms with van der Waals surface area (Å²) in [4.78, 5) is 0. The zero-order valence-electron chi connectivity index (χ0n) is 12.1. The van der Waals surface area contributed by atoms with Gasteiger partial charge < -0.3 is 14.6 Å². The Bertz CT molecular complexity index is 336. The van der Waals surface area contributed by atoms with Gasteiger partial charge in [0.15, 0.2) is 5.79 Å². The lowest BCUT2D eigenvalue weighted by Crippen LogP contribution is -2.41. The van der Waals surface area contributed by atoms with E-state index in [0.29, 0.717) is 5.92 Å². The molecule has 3 nitrogen and oxygen atoms in total. The Morgan fingerprint density at radius 3 is 2.74 bits per heavy atom. The van der Waals surface area contributed by atoms with Crippen molar-refractivity contribution in [2.24, 2.45) is 11.8 Å². The molecule has 2 aliphatic rings. The molecule has 0 aromatic rings. The molecule has 1 saturated carbocycles. The van der Waals surface area contributed by atoms with Gasteiger partial charge in [0.05, 0.1) is 19.3 Å². The lowest BCUT2D eigenvalue weighted by Gasteiger charge is -2.38. The maximum atomic E-state index is 9.68. The summed E-state index contributed by atoms with van der Waals surface area (Å²) in [5, 5.41) is 9.68. The van der Waals surface area contributed by atoms with Crippen LogP contribution in [0.2, 0.25) is 0 Å². The summed E-state index contributed by atoms with van der Waals surface area (Å²) in [6.45, 7) is 5.45. The first kappa shape index (κ1) is 14.8. The Labute approximate surface area is 116 Å². The first-order chi connectivity index (χ1) is 9.14. The van der Waals surface area contributed by atoms with E-state index >= 15 is 0 Å². The van der Waals surface area contributed by atoms with Gasteiger partial charge in [-0.05, 0) is 37.3 Å². The Kier molecular flexibility index (Phi) is 5.23. The summed E-state index contributed by atoms with van der Waals surface area (Å²) in [7, 11) is 0. The number of aliphatic hydroxyl groups is 1. The number of ether oxygens (including phenoxy) is 2. The maximum absolute atomic E-state index is 9.68. The highest BCUT2D eigenvalue weighted by molar-refractivity contribution is 4.96. The molecule has 1 saturated heterocycles. The van der Waals surface area contributed by atoms with Crippen LogP contribution in [0.4, 0.5) is 0 Å². The van der Waals surface area contributed by atoms with Crippen molar-refractivity contribution >= 4 is 0 Å². The molecule has 2 fully saturated rings. The first-order valence-corrected chi connectivity index (χ1v) is 7.51. The van der Waals surface area contributed by atoms with Gasteiger partial charge in [-0.15, -0.1) is 5.73 Å². The highest BCUT2D eigenvalue weighted by Crippen LogP contribution is 2.42. The van der Waals surface area contributed by atoms with E-state index in [4.69, 9.17) is 9.47 Å². The lowest BCUT2D eigenvalue weighted by molar-refractivity contribution is -0.211. The van der Waals surface area contributed by atoms with Gasteiger partial charge in [-0.25, -0.2) is 0 Å². The van der Waals surface area contributed by atoms with Crippen molar-refractivity contribution in [3.63, 3.8) is 0 Å². The van der Waals surface area contributed by atoms with Crippen LogP contribution in [0, 0.1) is 11.8 Å². The fraction of sp³-hybridized carbons (Fsp3) is 0.812. The monoisotopic (exact) mass is 266 g/mol. The number of aliphatic hydroxyl groups excluding tert-OH is 1. The second-order valence-electron chi connectivity index (χ2n) is 5.96. The Hall–Kier alpha value is -0.600. The summed E-state index contributed by atoms with van der Waals surface area (Å²) in [5.41, 5.74) is 3.11. The Morgan fingerprint density at radius 1 is 1.32 bits per heavy atom. The molecule has 3 heteroatoms. The van der Waals surface area contributed by atoms with E-state index in [1.165, 1.54) is 12.8 Å². The molecule has 1 aliphatic heterocycles. The number of hydrogen-bond acceptors (Lipinski definition) is 3. The van der Waals surface area contributed by atoms with Crippen LogP contribution in [0.25, 0.3) is 0 Å². The van der Waals surface area contributed by atoms with E-state index in [1.807, 2.05) is 19.9 Å². The van der Waals surface area contributed by atoms with E-state index in [-0.39, 0.29) is 11.7 Å². The van der Waals surface area contributed by atoms with Gasteiger partial charge in [0, 0.05) is 12.3 Å². The first-order valence-electron chi connectivity index (χ1n) is 7.51. The molecule has 0 aromatic heterocycles. The van der Waals surface area contributed by atoms with Crippen LogP contribution in [-0.4, -0.2) is 30.2 Å².